The standard InChI is InChI=1S/C13H16N4O/c1-9(14-2)10-5-3-4-6-11(10)16-13(18)12-7-8-15-17-12/h3-9,14H,1-2H3,(H,15,17)(H,16,18). The van der Waals surface area contributed by atoms with Gasteiger partial charge in [0, 0.05) is 17.9 Å². The number of nitrogens with one attached hydrogen (secondary N) is 3. The third kappa shape index (κ3) is 2.57. The highest BCUT2D eigenvalue weighted by Gasteiger charge is 2.12. The van der Waals surface area contributed by atoms with Crippen LogP contribution in [0.1, 0.15) is 29.0 Å². The molecule has 0 aliphatic heterocycles. The molecule has 1 aromatic carbocycles. The molecule has 0 aliphatic rings. The van der Waals surface area contributed by atoms with Crippen molar-refractivity contribution in [3.63, 3.8) is 0 Å². The number of carbonyl (C=O) groups excluding carboxylic acids is 1. The fourth-order valence-electron chi connectivity index (χ4n) is 1.72. The van der Waals surface area contributed by atoms with Gasteiger partial charge in [-0.25, -0.2) is 0 Å². The highest BCUT2D eigenvalue weighted by atomic mass is 16.1. The van der Waals surface area contributed by atoms with E-state index in [1.54, 1.807) is 12.3 Å². The zero-order valence-electron chi connectivity index (χ0n) is 10.4. The minimum atomic E-state index is -0.191. The Balaban J connectivity index is 2.21. The van der Waals surface area contributed by atoms with Gasteiger partial charge in [-0.15, -0.1) is 0 Å². The van der Waals surface area contributed by atoms with Crippen LogP contribution in [-0.2, 0) is 0 Å². The van der Waals surface area contributed by atoms with Crippen molar-refractivity contribution >= 4 is 11.6 Å². The Morgan fingerprint density at radius 3 is 2.78 bits per heavy atom. The Kier molecular flexibility index (Phi) is 3.74. The number of nitrogens with zero attached hydrogens (tertiary/aromatic N) is 1. The highest BCUT2D eigenvalue weighted by molar-refractivity contribution is 6.03. The molecule has 2 rings (SSSR count). The zero-order valence-corrected chi connectivity index (χ0v) is 10.4. The van der Waals surface area contributed by atoms with Gasteiger partial charge in [-0.1, -0.05) is 18.2 Å². The van der Waals surface area contributed by atoms with Crippen LogP contribution in [0.3, 0.4) is 0 Å². The Morgan fingerprint density at radius 2 is 2.11 bits per heavy atom. The second-order valence-corrected chi connectivity index (χ2v) is 4.02. The molecule has 5 nitrogen and oxygen atoms in total. The van der Waals surface area contributed by atoms with Crippen molar-refractivity contribution in [3.05, 3.63) is 47.8 Å². The number of hydrogen-bond donors (Lipinski definition) is 3. The lowest BCUT2D eigenvalue weighted by Gasteiger charge is -2.16. The Hall–Kier alpha value is -2.14. The van der Waals surface area contributed by atoms with E-state index in [1.165, 1.54) is 0 Å². The van der Waals surface area contributed by atoms with Crippen LogP contribution < -0.4 is 10.6 Å². The lowest BCUT2D eigenvalue weighted by Crippen LogP contribution is -2.18. The van der Waals surface area contributed by atoms with Gasteiger partial charge in [-0.3, -0.25) is 9.89 Å². The first kappa shape index (κ1) is 12.3. The van der Waals surface area contributed by atoms with E-state index in [4.69, 9.17) is 0 Å². The van der Waals surface area contributed by atoms with Gasteiger partial charge >= 0.3 is 0 Å². The largest absolute Gasteiger partial charge is 0.320 e. The summed E-state index contributed by atoms with van der Waals surface area (Å²) >= 11 is 0. The average Bonchev–Trinajstić information content (AvgIpc) is 2.92. The van der Waals surface area contributed by atoms with Gasteiger partial charge in [0.2, 0.25) is 0 Å². The Morgan fingerprint density at radius 1 is 1.33 bits per heavy atom. The van der Waals surface area contributed by atoms with E-state index >= 15 is 0 Å². The number of hydrogen-bond acceptors (Lipinski definition) is 3. The maximum Gasteiger partial charge on any atom is 0.273 e. The van der Waals surface area contributed by atoms with Crippen molar-refractivity contribution in [2.24, 2.45) is 0 Å². The summed E-state index contributed by atoms with van der Waals surface area (Å²) in [6, 6.07) is 9.53. The van der Waals surface area contributed by atoms with Gasteiger partial charge in [0.15, 0.2) is 0 Å². The molecule has 2 aromatic rings. The first-order valence-corrected chi connectivity index (χ1v) is 5.79. The van der Waals surface area contributed by atoms with E-state index in [9.17, 15) is 4.79 Å². The molecule has 1 aromatic heterocycles. The van der Waals surface area contributed by atoms with Gasteiger partial charge in [-0.2, -0.15) is 5.10 Å². The smallest absolute Gasteiger partial charge is 0.273 e. The molecule has 3 N–H and O–H groups in total. The fraction of sp³-hybridized carbons (Fsp3) is 0.231. The average molecular weight is 244 g/mol. The van der Waals surface area contributed by atoms with Crippen LogP contribution in [0.4, 0.5) is 5.69 Å². The summed E-state index contributed by atoms with van der Waals surface area (Å²) in [7, 11) is 1.89. The molecule has 0 saturated carbocycles. The maximum atomic E-state index is 11.9. The van der Waals surface area contributed by atoms with Crippen LogP contribution in [0.2, 0.25) is 0 Å². The summed E-state index contributed by atoms with van der Waals surface area (Å²) in [5.74, 6) is -0.191. The molecule has 0 radical (unpaired) electrons. The summed E-state index contributed by atoms with van der Waals surface area (Å²) in [6.45, 7) is 2.04. The molecule has 0 aliphatic carbocycles. The molecule has 1 amide bonds. The number of benzene rings is 1. The van der Waals surface area contributed by atoms with Crippen LogP contribution in [0.15, 0.2) is 36.5 Å². The topological polar surface area (TPSA) is 69.8 Å². The van der Waals surface area contributed by atoms with Crippen LogP contribution in [0.25, 0.3) is 0 Å². The predicted molar refractivity (Wildman–Crippen MR) is 70.5 cm³/mol. The van der Waals surface area contributed by atoms with Gasteiger partial charge in [0.1, 0.15) is 5.69 Å². The lowest BCUT2D eigenvalue weighted by molar-refractivity contribution is 0.102. The summed E-state index contributed by atoms with van der Waals surface area (Å²) < 4.78 is 0. The van der Waals surface area contributed by atoms with Gasteiger partial charge < -0.3 is 10.6 Å². The van der Waals surface area contributed by atoms with Crippen molar-refractivity contribution in [2.45, 2.75) is 13.0 Å². The van der Waals surface area contributed by atoms with E-state index in [1.807, 2.05) is 38.2 Å². The van der Waals surface area contributed by atoms with Crippen molar-refractivity contribution in [1.82, 2.24) is 15.5 Å². The predicted octanol–water partition coefficient (Wildman–Crippen LogP) is 1.94. The Labute approximate surface area is 106 Å². The number of amides is 1. The number of rotatable bonds is 4. The molecule has 1 unspecified atom stereocenters. The second kappa shape index (κ2) is 5.46. The first-order valence-electron chi connectivity index (χ1n) is 5.79. The number of H-pyrrole nitrogens is 1. The zero-order chi connectivity index (χ0) is 13.0. The minimum Gasteiger partial charge on any atom is -0.320 e. The van der Waals surface area contributed by atoms with Crippen LogP contribution in [0.5, 0.6) is 0 Å². The third-order valence-electron chi connectivity index (χ3n) is 2.85. The second-order valence-electron chi connectivity index (χ2n) is 4.02. The lowest BCUT2D eigenvalue weighted by atomic mass is 10.1. The number of carbonyl (C=O) groups is 1. The molecule has 0 spiro atoms. The van der Waals surface area contributed by atoms with E-state index < -0.39 is 0 Å². The minimum absolute atomic E-state index is 0.170. The molecule has 0 saturated heterocycles. The molecule has 18 heavy (non-hydrogen) atoms. The first-order chi connectivity index (χ1) is 8.72. The highest BCUT2D eigenvalue weighted by Crippen LogP contribution is 2.22. The number of anilines is 1. The fourth-order valence-corrected chi connectivity index (χ4v) is 1.72. The van der Waals surface area contributed by atoms with E-state index in [2.05, 4.69) is 20.8 Å². The van der Waals surface area contributed by atoms with Crippen molar-refractivity contribution in [3.8, 4) is 0 Å². The van der Waals surface area contributed by atoms with Crippen LogP contribution >= 0.6 is 0 Å². The normalized spacial score (nSPS) is 12.1. The molecule has 5 heteroatoms. The number of aromatic nitrogens is 2. The van der Waals surface area contributed by atoms with Crippen molar-refractivity contribution in [2.75, 3.05) is 12.4 Å². The quantitative estimate of drug-likeness (QED) is 0.769. The van der Waals surface area contributed by atoms with Gasteiger partial charge in [0.25, 0.3) is 5.91 Å². The Bertz CT molecular complexity index is 522. The molecular formula is C13H16N4O. The maximum absolute atomic E-state index is 11.9. The van der Waals surface area contributed by atoms with E-state index in [0.717, 1.165) is 11.3 Å². The van der Waals surface area contributed by atoms with Crippen LogP contribution in [-0.4, -0.2) is 23.2 Å². The monoisotopic (exact) mass is 244 g/mol. The summed E-state index contributed by atoms with van der Waals surface area (Å²) in [5.41, 5.74) is 2.30. The molecule has 1 atom stereocenters. The van der Waals surface area contributed by atoms with Crippen molar-refractivity contribution < 1.29 is 4.79 Å². The molecule has 0 bridgehead atoms. The van der Waals surface area contributed by atoms with Crippen molar-refractivity contribution in [1.29, 1.82) is 0 Å². The third-order valence-corrected chi connectivity index (χ3v) is 2.85. The van der Waals surface area contributed by atoms with Gasteiger partial charge in [-0.05, 0) is 31.7 Å². The summed E-state index contributed by atoms with van der Waals surface area (Å²) in [4.78, 5) is 11.9. The number of aromatic amines is 1. The SMILES string of the molecule is CNC(C)c1ccccc1NC(=O)c1ccn[nH]1. The molecule has 0 fully saturated rings. The summed E-state index contributed by atoms with van der Waals surface area (Å²) in [6.07, 6.45) is 1.55. The van der Waals surface area contributed by atoms with Gasteiger partial charge in [0.05, 0.1) is 0 Å². The molecule has 1 heterocycles. The van der Waals surface area contributed by atoms with Crippen LogP contribution in [0, 0.1) is 0 Å². The number of para-hydroxylation sites is 1. The molecule has 94 valence electrons. The van der Waals surface area contributed by atoms with E-state index in [0.29, 0.717) is 5.69 Å². The molecular weight excluding hydrogens is 228 g/mol. The van der Waals surface area contributed by atoms with E-state index in [-0.39, 0.29) is 11.9 Å². The summed E-state index contributed by atoms with van der Waals surface area (Å²) in [5, 5.41) is 12.4.